The van der Waals surface area contributed by atoms with E-state index in [0.717, 1.165) is 0 Å². The van der Waals surface area contributed by atoms with Crippen LogP contribution in [0.4, 0.5) is 0 Å². The first-order valence-corrected chi connectivity index (χ1v) is 6.25. The molecule has 1 saturated heterocycles. The Morgan fingerprint density at radius 3 is 2.21 bits per heavy atom. The Kier molecular flexibility index (Phi) is 2.63. The van der Waals surface area contributed by atoms with Gasteiger partial charge in [0.25, 0.3) is 0 Å². The smallest absolute Gasteiger partial charge is 0.0211 e. The molecule has 1 heterocycles. The number of hydrogen-bond donors (Lipinski definition) is 0. The summed E-state index contributed by atoms with van der Waals surface area (Å²) >= 11 is 0. The second-order valence-electron chi connectivity index (χ2n) is 6.30. The van der Waals surface area contributed by atoms with Gasteiger partial charge in [-0.25, -0.2) is 0 Å². The standard InChI is InChI=1S/C13H25N/c1-12(2)9-10-14(3)13(11-12)7-5-4-6-8-13/h4-11H2,1-3H3. The number of likely N-dealkylation sites (tertiary alicyclic amines) is 1. The molecular formula is C13H25N. The van der Waals surface area contributed by atoms with Crippen molar-refractivity contribution >= 4 is 0 Å². The van der Waals surface area contributed by atoms with Gasteiger partial charge in [-0.3, -0.25) is 0 Å². The van der Waals surface area contributed by atoms with E-state index in [1.165, 1.54) is 51.5 Å². The molecule has 2 fully saturated rings. The van der Waals surface area contributed by atoms with E-state index in [9.17, 15) is 0 Å². The van der Waals surface area contributed by atoms with Crippen molar-refractivity contribution in [3.8, 4) is 0 Å². The normalized spacial score (nSPS) is 31.9. The minimum atomic E-state index is 0.583. The maximum Gasteiger partial charge on any atom is 0.0211 e. The Hall–Kier alpha value is -0.0400. The number of nitrogens with zero attached hydrogens (tertiary/aromatic N) is 1. The van der Waals surface area contributed by atoms with E-state index >= 15 is 0 Å². The van der Waals surface area contributed by atoms with Gasteiger partial charge in [0.05, 0.1) is 0 Å². The van der Waals surface area contributed by atoms with Crippen molar-refractivity contribution in [2.24, 2.45) is 5.41 Å². The van der Waals surface area contributed by atoms with Gasteiger partial charge in [0.15, 0.2) is 0 Å². The zero-order chi connectivity index (χ0) is 10.2. The highest BCUT2D eigenvalue weighted by Gasteiger charge is 2.43. The monoisotopic (exact) mass is 195 g/mol. The van der Waals surface area contributed by atoms with Crippen LogP contribution in [0.2, 0.25) is 0 Å². The number of hydrogen-bond acceptors (Lipinski definition) is 1. The summed E-state index contributed by atoms with van der Waals surface area (Å²) in [6, 6.07) is 0. The summed E-state index contributed by atoms with van der Waals surface area (Å²) in [6.07, 6.45) is 10.1. The minimum absolute atomic E-state index is 0.583. The predicted molar refractivity (Wildman–Crippen MR) is 61.5 cm³/mol. The largest absolute Gasteiger partial charge is 0.301 e. The van der Waals surface area contributed by atoms with Crippen LogP contribution in [0.15, 0.2) is 0 Å². The van der Waals surface area contributed by atoms with Crippen LogP contribution in [-0.2, 0) is 0 Å². The van der Waals surface area contributed by atoms with E-state index < -0.39 is 0 Å². The van der Waals surface area contributed by atoms with Gasteiger partial charge in [-0.1, -0.05) is 33.1 Å². The summed E-state index contributed by atoms with van der Waals surface area (Å²) in [4.78, 5) is 2.66. The Bertz CT molecular complexity index is 201. The lowest BCUT2D eigenvalue weighted by Gasteiger charge is -2.53. The third kappa shape index (κ3) is 1.84. The molecule has 0 bridgehead atoms. The number of rotatable bonds is 0. The fourth-order valence-electron chi connectivity index (χ4n) is 3.59. The van der Waals surface area contributed by atoms with Crippen LogP contribution in [0.25, 0.3) is 0 Å². The average molecular weight is 195 g/mol. The third-order valence-electron chi connectivity index (χ3n) is 4.53. The quantitative estimate of drug-likeness (QED) is 0.572. The Morgan fingerprint density at radius 2 is 1.57 bits per heavy atom. The molecule has 1 aliphatic carbocycles. The van der Waals surface area contributed by atoms with Crippen LogP contribution in [0, 0.1) is 5.41 Å². The van der Waals surface area contributed by atoms with Crippen LogP contribution >= 0.6 is 0 Å². The second kappa shape index (κ2) is 3.52. The summed E-state index contributed by atoms with van der Waals surface area (Å²) in [5, 5.41) is 0. The van der Waals surface area contributed by atoms with E-state index in [2.05, 4.69) is 25.8 Å². The van der Waals surface area contributed by atoms with Crippen LogP contribution in [0.1, 0.15) is 58.8 Å². The molecule has 2 aliphatic rings. The third-order valence-corrected chi connectivity index (χ3v) is 4.53. The van der Waals surface area contributed by atoms with Gasteiger partial charge in [-0.05, 0) is 44.7 Å². The zero-order valence-electron chi connectivity index (χ0n) is 10.1. The molecule has 1 saturated carbocycles. The summed E-state index contributed by atoms with van der Waals surface area (Å²) < 4.78 is 0. The first kappa shape index (κ1) is 10.5. The SMILES string of the molecule is CN1CCC(C)(C)CC12CCCCC2. The molecule has 82 valence electrons. The van der Waals surface area contributed by atoms with Crippen molar-refractivity contribution in [1.82, 2.24) is 4.90 Å². The Morgan fingerprint density at radius 1 is 0.929 bits per heavy atom. The van der Waals surface area contributed by atoms with Crippen molar-refractivity contribution in [2.75, 3.05) is 13.6 Å². The van der Waals surface area contributed by atoms with Gasteiger partial charge < -0.3 is 4.90 Å². The highest BCUT2D eigenvalue weighted by molar-refractivity contribution is 4.99. The van der Waals surface area contributed by atoms with Crippen LogP contribution in [-0.4, -0.2) is 24.0 Å². The second-order valence-corrected chi connectivity index (χ2v) is 6.30. The van der Waals surface area contributed by atoms with Crippen molar-refractivity contribution in [2.45, 2.75) is 64.3 Å². The van der Waals surface area contributed by atoms with Crippen molar-refractivity contribution < 1.29 is 0 Å². The zero-order valence-corrected chi connectivity index (χ0v) is 10.1. The van der Waals surface area contributed by atoms with Gasteiger partial charge in [0.2, 0.25) is 0 Å². The van der Waals surface area contributed by atoms with Gasteiger partial charge in [-0.15, -0.1) is 0 Å². The van der Waals surface area contributed by atoms with E-state index in [1.807, 2.05) is 0 Å². The van der Waals surface area contributed by atoms with E-state index in [1.54, 1.807) is 0 Å². The lowest BCUT2D eigenvalue weighted by molar-refractivity contribution is -0.0170. The first-order valence-electron chi connectivity index (χ1n) is 6.25. The molecule has 0 radical (unpaired) electrons. The molecule has 0 aromatic heterocycles. The van der Waals surface area contributed by atoms with E-state index in [-0.39, 0.29) is 0 Å². The molecule has 1 aliphatic heterocycles. The Balaban J connectivity index is 2.13. The average Bonchev–Trinajstić information content (AvgIpc) is 2.13. The molecule has 0 aromatic rings. The summed E-state index contributed by atoms with van der Waals surface area (Å²) in [5.41, 5.74) is 1.17. The van der Waals surface area contributed by atoms with E-state index in [0.29, 0.717) is 11.0 Å². The maximum absolute atomic E-state index is 2.66. The molecule has 0 atom stereocenters. The molecule has 2 rings (SSSR count). The number of piperidine rings is 1. The van der Waals surface area contributed by atoms with Crippen molar-refractivity contribution in [3.05, 3.63) is 0 Å². The maximum atomic E-state index is 2.66. The van der Waals surface area contributed by atoms with Gasteiger partial charge in [0, 0.05) is 5.54 Å². The topological polar surface area (TPSA) is 3.24 Å². The summed E-state index contributed by atoms with van der Waals surface area (Å²) in [5.74, 6) is 0. The molecule has 1 heteroatoms. The van der Waals surface area contributed by atoms with Crippen LogP contribution < -0.4 is 0 Å². The van der Waals surface area contributed by atoms with Gasteiger partial charge >= 0.3 is 0 Å². The highest BCUT2D eigenvalue weighted by Crippen LogP contribution is 2.46. The molecule has 1 nitrogen and oxygen atoms in total. The molecule has 0 N–H and O–H groups in total. The lowest BCUT2D eigenvalue weighted by Crippen LogP contribution is -2.55. The highest BCUT2D eigenvalue weighted by atomic mass is 15.2. The van der Waals surface area contributed by atoms with Crippen LogP contribution in [0.5, 0.6) is 0 Å². The van der Waals surface area contributed by atoms with Crippen molar-refractivity contribution in [1.29, 1.82) is 0 Å². The fourth-order valence-corrected chi connectivity index (χ4v) is 3.59. The summed E-state index contributed by atoms with van der Waals surface area (Å²) in [6.45, 7) is 6.22. The first-order chi connectivity index (χ1) is 6.54. The fraction of sp³-hybridized carbons (Fsp3) is 1.00. The van der Waals surface area contributed by atoms with Gasteiger partial charge in [0.1, 0.15) is 0 Å². The predicted octanol–water partition coefficient (Wildman–Crippen LogP) is 3.44. The summed E-state index contributed by atoms with van der Waals surface area (Å²) in [7, 11) is 2.35. The Labute approximate surface area is 88.9 Å². The molecule has 0 aromatic carbocycles. The molecule has 1 spiro atoms. The van der Waals surface area contributed by atoms with Crippen molar-refractivity contribution in [3.63, 3.8) is 0 Å². The minimum Gasteiger partial charge on any atom is -0.301 e. The van der Waals surface area contributed by atoms with Gasteiger partial charge in [-0.2, -0.15) is 0 Å². The molecule has 14 heavy (non-hydrogen) atoms. The lowest BCUT2D eigenvalue weighted by atomic mass is 9.66. The molecule has 0 amide bonds. The van der Waals surface area contributed by atoms with Crippen LogP contribution in [0.3, 0.4) is 0 Å². The molecule has 0 unspecified atom stereocenters. The molecular weight excluding hydrogens is 170 g/mol. The van der Waals surface area contributed by atoms with E-state index in [4.69, 9.17) is 0 Å².